The van der Waals surface area contributed by atoms with Crippen molar-refractivity contribution in [2.45, 2.75) is 24.9 Å². The first-order valence-electron chi connectivity index (χ1n) is 8.64. The molecule has 2 N–H and O–H groups in total. The Morgan fingerprint density at radius 1 is 1.00 bits per heavy atom. The zero-order valence-electron chi connectivity index (χ0n) is 14.7. The van der Waals surface area contributed by atoms with Crippen molar-refractivity contribution in [1.82, 2.24) is 5.32 Å². The highest BCUT2D eigenvalue weighted by atomic mass is 16.4. The summed E-state index contributed by atoms with van der Waals surface area (Å²) in [4.78, 5) is 24.2. The number of nitrogens with zero attached hydrogens (tertiary/aromatic N) is 2. The van der Waals surface area contributed by atoms with E-state index in [-0.39, 0.29) is 11.5 Å². The topological polar surface area (TPSA) is 91.1 Å². The summed E-state index contributed by atoms with van der Waals surface area (Å²) in [6.07, 6.45) is 7.14. The Hall–Kier alpha value is -3.46. The van der Waals surface area contributed by atoms with E-state index in [2.05, 4.69) is 21.5 Å². The molecule has 1 amide bonds. The van der Waals surface area contributed by atoms with Gasteiger partial charge in [0.05, 0.1) is 5.56 Å². The van der Waals surface area contributed by atoms with E-state index in [9.17, 15) is 14.7 Å². The summed E-state index contributed by atoms with van der Waals surface area (Å²) in [5.74, 6) is 1.27. The number of rotatable bonds is 8. The molecule has 0 fully saturated rings. The van der Waals surface area contributed by atoms with Crippen molar-refractivity contribution >= 4 is 11.9 Å². The number of carboxylic acids is 1. The molecule has 0 saturated carbocycles. The third-order valence-electron chi connectivity index (χ3n) is 4.48. The Kier molecular flexibility index (Phi) is 5.32. The summed E-state index contributed by atoms with van der Waals surface area (Å²) in [5.41, 5.74) is 1.22. The zero-order chi connectivity index (χ0) is 19.3. The van der Waals surface area contributed by atoms with Crippen LogP contribution in [0.3, 0.4) is 0 Å². The molecule has 6 heteroatoms. The van der Waals surface area contributed by atoms with E-state index in [1.165, 1.54) is 6.07 Å². The lowest BCUT2D eigenvalue weighted by Crippen LogP contribution is -2.28. The average Bonchev–Trinajstić information content (AvgIpc) is 3.46. The predicted octanol–water partition coefficient (Wildman–Crippen LogP) is 3.75. The number of carbonyl (C=O) groups is 2. The van der Waals surface area contributed by atoms with Crippen LogP contribution in [0.1, 0.15) is 40.0 Å². The van der Waals surface area contributed by atoms with E-state index in [0.29, 0.717) is 42.5 Å². The van der Waals surface area contributed by atoms with E-state index < -0.39 is 11.6 Å². The number of carboxylic acid groups (broad SMARTS) is 1. The van der Waals surface area contributed by atoms with Crippen molar-refractivity contribution in [1.29, 1.82) is 0 Å². The second-order valence-corrected chi connectivity index (χ2v) is 6.29. The summed E-state index contributed by atoms with van der Waals surface area (Å²) in [6.45, 7) is 0.408. The van der Waals surface area contributed by atoms with Crippen molar-refractivity contribution < 1.29 is 14.7 Å². The van der Waals surface area contributed by atoms with Crippen LogP contribution in [0.2, 0.25) is 0 Å². The molecular weight excluding hydrogens is 342 g/mol. The Balaban J connectivity index is 1.74. The Morgan fingerprint density at radius 2 is 1.59 bits per heavy atom. The van der Waals surface area contributed by atoms with Crippen LogP contribution in [0.5, 0.6) is 0 Å². The molecular formula is C21H19N3O3. The molecule has 6 nitrogen and oxygen atoms in total. The van der Waals surface area contributed by atoms with Crippen LogP contribution < -0.4 is 5.32 Å². The smallest absolute Gasteiger partial charge is 0.336 e. The number of amides is 1. The molecule has 136 valence electrons. The van der Waals surface area contributed by atoms with Gasteiger partial charge < -0.3 is 10.4 Å². The average molecular weight is 361 g/mol. The molecule has 1 aliphatic heterocycles. The van der Waals surface area contributed by atoms with Gasteiger partial charge in [0.2, 0.25) is 0 Å². The molecule has 2 aromatic carbocycles. The number of hydrogen-bond donors (Lipinski definition) is 2. The van der Waals surface area contributed by atoms with Gasteiger partial charge in [0.1, 0.15) is 0 Å². The fraction of sp³-hybridized carbons (Fsp3) is 0.238. The Morgan fingerprint density at radius 3 is 2.19 bits per heavy atom. The van der Waals surface area contributed by atoms with Crippen LogP contribution in [0.4, 0.5) is 0 Å². The molecule has 3 rings (SSSR count). The van der Waals surface area contributed by atoms with Crippen LogP contribution >= 0.6 is 0 Å². The SMILES string of the molecule is C#CCCC1(CCNC(=O)c2ccccc2-c2ccccc2C(=O)O)N=N1. The molecule has 1 heterocycles. The normalized spacial score (nSPS) is 13.6. The molecule has 27 heavy (non-hydrogen) atoms. The van der Waals surface area contributed by atoms with Gasteiger partial charge in [0.15, 0.2) is 5.66 Å². The molecule has 0 aromatic heterocycles. The van der Waals surface area contributed by atoms with E-state index in [0.717, 1.165) is 0 Å². The van der Waals surface area contributed by atoms with Crippen LogP contribution in [-0.4, -0.2) is 29.2 Å². The quantitative estimate of drug-likeness (QED) is 0.702. The summed E-state index contributed by atoms with van der Waals surface area (Å²) < 4.78 is 0. The molecule has 1 aliphatic rings. The predicted molar refractivity (Wildman–Crippen MR) is 101 cm³/mol. The number of terminal acetylenes is 1. The van der Waals surface area contributed by atoms with Gasteiger partial charge in [-0.05, 0) is 23.3 Å². The largest absolute Gasteiger partial charge is 0.478 e. The molecule has 0 spiro atoms. The highest BCUT2D eigenvalue weighted by molar-refractivity contribution is 6.04. The monoisotopic (exact) mass is 361 g/mol. The number of benzene rings is 2. The lowest BCUT2D eigenvalue weighted by Gasteiger charge is -2.13. The van der Waals surface area contributed by atoms with Crippen molar-refractivity contribution in [2.24, 2.45) is 10.2 Å². The number of hydrogen-bond acceptors (Lipinski definition) is 4. The van der Waals surface area contributed by atoms with Gasteiger partial charge in [-0.15, -0.1) is 12.3 Å². The van der Waals surface area contributed by atoms with Crippen molar-refractivity contribution in [3.63, 3.8) is 0 Å². The Bertz CT molecular complexity index is 938. The fourth-order valence-electron chi connectivity index (χ4n) is 2.96. The van der Waals surface area contributed by atoms with Crippen LogP contribution in [0.15, 0.2) is 58.8 Å². The van der Waals surface area contributed by atoms with Crippen LogP contribution in [0, 0.1) is 12.3 Å². The van der Waals surface area contributed by atoms with Crippen LogP contribution in [0.25, 0.3) is 11.1 Å². The Labute approximate surface area is 157 Å². The summed E-state index contributed by atoms with van der Waals surface area (Å²) in [7, 11) is 0. The maximum Gasteiger partial charge on any atom is 0.336 e. The minimum atomic E-state index is -1.03. The third-order valence-corrected chi connectivity index (χ3v) is 4.48. The lowest BCUT2D eigenvalue weighted by atomic mass is 9.95. The zero-order valence-corrected chi connectivity index (χ0v) is 14.7. The maximum atomic E-state index is 12.7. The van der Waals surface area contributed by atoms with E-state index >= 15 is 0 Å². The van der Waals surface area contributed by atoms with Crippen molar-refractivity contribution in [3.8, 4) is 23.5 Å². The van der Waals surface area contributed by atoms with Gasteiger partial charge in [0.25, 0.3) is 5.91 Å². The van der Waals surface area contributed by atoms with Crippen molar-refractivity contribution in [2.75, 3.05) is 6.54 Å². The van der Waals surface area contributed by atoms with Crippen molar-refractivity contribution in [3.05, 3.63) is 59.7 Å². The summed E-state index contributed by atoms with van der Waals surface area (Å²) in [6, 6.07) is 13.6. The molecule has 0 unspecified atom stereocenters. The van der Waals surface area contributed by atoms with Gasteiger partial charge in [-0.25, -0.2) is 4.79 Å². The molecule has 2 aromatic rings. The first-order valence-corrected chi connectivity index (χ1v) is 8.64. The van der Waals surface area contributed by atoms with E-state index in [1.807, 2.05) is 0 Å². The van der Waals surface area contributed by atoms with Gasteiger partial charge in [0, 0.05) is 31.4 Å². The fourth-order valence-corrected chi connectivity index (χ4v) is 2.96. The lowest BCUT2D eigenvalue weighted by molar-refractivity contribution is 0.0697. The van der Waals surface area contributed by atoms with Crippen LogP contribution in [-0.2, 0) is 0 Å². The minimum Gasteiger partial charge on any atom is -0.478 e. The number of nitrogens with one attached hydrogen (secondary N) is 1. The first-order chi connectivity index (χ1) is 13.1. The standard InChI is InChI=1S/C21H19N3O3/c1-2-3-12-21(23-24-21)13-14-22-19(25)17-10-6-4-8-15(17)16-9-5-7-11-18(16)20(26)27/h1,4-11H,3,12-14H2,(H,22,25)(H,26,27). The van der Waals surface area contributed by atoms with Gasteiger partial charge >= 0.3 is 5.97 Å². The highest BCUT2D eigenvalue weighted by Gasteiger charge is 2.38. The maximum absolute atomic E-state index is 12.7. The molecule has 0 bridgehead atoms. The minimum absolute atomic E-state index is 0.154. The second kappa shape index (κ2) is 7.83. The van der Waals surface area contributed by atoms with Gasteiger partial charge in [-0.1, -0.05) is 36.4 Å². The second-order valence-electron chi connectivity index (χ2n) is 6.29. The van der Waals surface area contributed by atoms with E-state index in [4.69, 9.17) is 6.42 Å². The molecule has 0 saturated heterocycles. The third kappa shape index (κ3) is 4.21. The number of aromatic carboxylic acids is 1. The molecule has 0 radical (unpaired) electrons. The highest BCUT2D eigenvalue weighted by Crippen LogP contribution is 2.36. The van der Waals surface area contributed by atoms with E-state index in [1.54, 1.807) is 42.5 Å². The molecule has 0 atom stereocenters. The molecule has 0 aliphatic carbocycles. The van der Waals surface area contributed by atoms with Gasteiger partial charge in [-0.3, -0.25) is 4.79 Å². The first kappa shape index (κ1) is 18.3. The summed E-state index contributed by atoms with van der Waals surface area (Å²) in [5, 5.41) is 20.4. The van der Waals surface area contributed by atoms with Gasteiger partial charge in [-0.2, -0.15) is 10.2 Å². The summed E-state index contributed by atoms with van der Waals surface area (Å²) >= 11 is 0. The number of carbonyl (C=O) groups excluding carboxylic acids is 1.